The molecule has 0 unspecified atom stereocenters. The number of amides is 1. The van der Waals surface area contributed by atoms with Gasteiger partial charge in [-0.2, -0.15) is 0 Å². The smallest absolute Gasteiger partial charge is 0.410 e. The molecule has 4 rings (SSSR count). The Balaban J connectivity index is 1.75. The predicted octanol–water partition coefficient (Wildman–Crippen LogP) is 2.01. The number of ether oxygens (including phenoxy) is 3. The lowest BCUT2D eigenvalue weighted by Gasteiger charge is -2.53. The summed E-state index contributed by atoms with van der Waals surface area (Å²) in [6.45, 7) is 6.12. The van der Waals surface area contributed by atoms with Crippen molar-refractivity contribution in [1.29, 1.82) is 0 Å². The van der Waals surface area contributed by atoms with Gasteiger partial charge in [-0.3, -0.25) is 4.79 Å². The van der Waals surface area contributed by atoms with Gasteiger partial charge in [0, 0.05) is 4.91 Å². The standard InChI is InChI=1S/C15H22N4O5/c1-12(2,3)23-11(21)19-8-15(9-19)14(10(20)22-4)5-13(6-14,24-15)7-17-18-16/h5-9H2,1-4H3. The summed E-state index contributed by atoms with van der Waals surface area (Å²) in [5, 5.41) is 3.60. The maximum Gasteiger partial charge on any atom is 0.410 e. The van der Waals surface area contributed by atoms with Gasteiger partial charge in [0.15, 0.2) is 0 Å². The molecule has 0 aromatic rings. The quantitative estimate of drug-likeness (QED) is 0.338. The second-order valence-corrected chi connectivity index (χ2v) is 7.93. The van der Waals surface area contributed by atoms with Crippen molar-refractivity contribution in [3.63, 3.8) is 0 Å². The molecule has 4 aliphatic rings. The maximum absolute atomic E-state index is 12.4. The van der Waals surface area contributed by atoms with Crippen LogP contribution in [0.5, 0.6) is 0 Å². The Bertz CT molecular complexity index is 622. The summed E-state index contributed by atoms with van der Waals surface area (Å²) >= 11 is 0. The van der Waals surface area contributed by atoms with E-state index in [0.29, 0.717) is 12.8 Å². The van der Waals surface area contributed by atoms with Gasteiger partial charge in [0.1, 0.15) is 16.6 Å². The molecule has 1 spiro atoms. The van der Waals surface area contributed by atoms with Gasteiger partial charge in [-0.1, -0.05) is 5.11 Å². The topological polar surface area (TPSA) is 114 Å². The van der Waals surface area contributed by atoms with Crippen LogP contribution in [0.4, 0.5) is 4.79 Å². The SMILES string of the molecule is COC(=O)C12CC(CN=[N+]=[N-])(C1)OC21CN(C(=O)OC(C)(C)C)C1. The number of nitrogens with zero attached hydrogens (tertiary/aromatic N) is 4. The molecule has 1 amide bonds. The molecule has 24 heavy (non-hydrogen) atoms. The minimum Gasteiger partial charge on any atom is -0.469 e. The number of methoxy groups -OCH3 is 1. The van der Waals surface area contributed by atoms with E-state index in [2.05, 4.69) is 10.0 Å². The first-order valence-corrected chi connectivity index (χ1v) is 7.88. The monoisotopic (exact) mass is 338 g/mol. The fraction of sp³-hybridized carbons (Fsp3) is 0.867. The van der Waals surface area contributed by atoms with Gasteiger partial charge in [-0.05, 0) is 39.1 Å². The first-order chi connectivity index (χ1) is 11.1. The first-order valence-electron chi connectivity index (χ1n) is 7.88. The van der Waals surface area contributed by atoms with Gasteiger partial charge < -0.3 is 19.1 Å². The van der Waals surface area contributed by atoms with Crippen LogP contribution in [0.25, 0.3) is 10.4 Å². The average Bonchev–Trinajstić information content (AvgIpc) is 2.87. The Morgan fingerprint density at radius 1 is 1.33 bits per heavy atom. The molecule has 0 N–H and O–H groups in total. The number of esters is 1. The Labute approximate surface area is 139 Å². The number of azide groups is 1. The number of hydrogen-bond acceptors (Lipinski definition) is 6. The molecule has 1 saturated carbocycles. The summed E-state index contributed by atoms with van der Waals surface area (Å²) in [7, 11) is 1.35. The molecule has 0 radical (unpaired) electrons. The highest BCUT2D eigenvalue weighted by Crippen LogP contribution is 2.69. The molecule has 3 aliphatic heterocycles. The van der Waals surface area contributed by atoms with Crippen LogP contribution in [0.2, 0.25) is 0 Å². The number of rotatable bonds is 3. The van der Waals surface area contributed by atoms with Gasteiger partial charge in [-0.25, -0.2) is 4.79 Å². The van der Waals surface area contributed by atoms with Crippen LogP contribution in [-0.4, -0.2) is 60.5 Å². The molecule has 1 aliphatic carbocycles. The lowest BCUT2D eigenvalue weighted by molar-refractivity contribution is -0.175. The molecule has 132 valence electrons. The van der Waals surface area contributed by atoms with Crippen LogP contribution < -0.4 is 0 Å². The van der Waals surface area contributed by atoms with E-state index < -0.39 is 28.3 Å². The van der Waals surface area contributed by atoms with Crippen LogP contribution in [0.3, 0.4) is 0 Å². The van der Waals surface area contributed by atoms with Gasteiger partial charge in [-0.15, -0.1) is 0 Å². The lowest BCUT2D eigenvalue weighted by atomic mass is 9.54. The Kier molecular flexibility index (Phi) is 3.51. The van der Waals surface area contributed by atoms with Crippen molar-refractivity contribution in [2.24, 2.45) is 10.5 Å². The second-order valence-electron chi connectivity index (χ2n) is 7.93. The zero-order valence-corrected chi connectivity index (χ0v) is 14.4. The van der Waals surface area contributed by atoms with Crippen LogP contribution in [0, 0.1) is 5.41 Å². The summed E-state index contributed by atoms with van der Waals surface area (Å²) in [6.07, 6.45) is 0.478. The summed E-state index contributed by atoms with van der Waals surface area (Å²) in [4.78, 5) is 28.8. The minimum atomic E-state index is -0.776. The normalized spacial score (nSPS) is 32.4. The summed E-state index contributed by atoms with van der Waals surface area (Å²) in [5.41, 5.74) is 5.79. The molecule has 9 nitrogen and oxygen atoms in total. The largest absolute Gasteiger partial charge is 0.469 e. The zero-order valence-electron chi connectivity index (χ0n) is 14.4. The second kappa shape index (κ2) is 5.00. The molecule has 3 heterocycles. The van der Waals surface area contributed by atoms with E-state index in [0.717, 1.165) is 0 Å². The van der Waals surface area contributed by atoms with E-state index in [1.165, 1.54) is 12.0 Å². The molecule has 0 atom stereocenters. The summed E-state index contributed by atoms with van der Waals surface area (Å²) in [5.74, 6) is -0.333. The van der Waals surface area contributed by atoms with Crippen molar-refractivity contribution in [2.45, 2.75) is 50.4 Å². The van der Waals surface area contributed by atoms with Crippen LogP contribution in [-0.2, 0) is 19.0 Å². The molecule has 3 saturated heterocycles. The highest BCUT2D eigenvalue weighted by atomic mass is 16.6. The van der Waals surface area contributed by atoms with Crippen molar-refractivity contribution in [3.8, 4) is 0 Å². The molecule has 0 aromatic carbocycles. The average molecular weight is 338 g/mol. The molecule has 0 aromatic heterocycles. The van der Waals surface area contributed by atoms with E-state index in [-0.39, 0.29) is 25.6 Å². The predicted molar refractivity (Wildman–Crippen MR) is 82.1 cm³/mol. The Morgan fingerprint density at radius 3 is 2.46 bits per heavy atom. The van der Waals surface area contributed by atoms with Crippen molar-refractivity contribution < 1.29 is 23.8 Å². The first kappa shape index (κ1) is 16.9. The van der Waals surface area contributed by atoms with E-state index in [9.17, 15) is 9.59 Å². The van der Waals surface area contributed by atoms with Crippen molar-refractivity contribution in [3.05, 3.63) is 10.4 Å². The fourth-order valence-corrected chi connectivity index (χ4v) is 4.18. The number of carbonyl (C=O) groups is 2. The van der Waals surface area contributed by atoms with Crippen molar-refractivity contribution in [1.82, 2.24) is 4.90 Å². The van der Waals surface area contributed by atoms with Crippen LogP contribution in [0.1, 0.15) is 33.6 Å². The van der Waals surface area contributed by atoms with Crippen LogP contribution >= 0.6 is 0 Å². The lowest BCUT2D eigenvalue weighted by Crippen LogP contribution is -2.71. The van der Waals surface area contributed by atoms with Crippen molar-refractivity contribution in [2.75, 3.05) is 26.7 Å². The summed E-state index contributed by atoms with van der Waals surface area (Å²) in [6, 6.07) is 0. The van der Waals surface area contributed by atoms with Gasteiger partial charge in [0.05, 0.1) is 32.3 Å². The summed E-state index contributed by atoms with van der Waals surface area (Å²) < 4.78 is 16.5. The Morgan fingerprint density at radius 2 is 1.96 bits per heavy atom. The third-order valence-electron chi connectivity index (χ3n) is 5.07. The highest BCUT2D eigenvalue weighted by molar-refractivity contribution is 5.83. The molecule has 4 fully saturated rings. The number of carbonyl (C=O) groups excluding carboxylic acids is 2. The van der Waals surface area contributed by atoms with E-state index >= 15 is 0 Å². The number of hydrogen-bond donors (Lipinski definition) is 0. The Hall–Kier alpha value is -1.99. The fourth-order valence-electron chi connectivity index (χ4n) is 4.18. The van der Waals surface area contributed by atoms with E-state index in [4.69, 9.17) is 19.7 Å². The third-order valence-corrected chi connectivity index (χ3v) is 5.07. The minimum absolute atomic E-state index is 0.177. The van der Waals surface area contributed by atoms with Gasteiger partial charge in [0.2, 0.25) is 0 Å². The molecule has 9 heteroatoms. The molecule has 2 bridgehead atoms. The van der Waals surface area contributed by atoms with E-state index in [1.807, 2.05) is 0 Å². The third kappa shape index (κ3) is 2.22. The molecular formula is C15H22N4O5. The zero-order chi connectivity index (χ0) is 17.8. The highest BCUT2D eigenvalue weighted by Gasteiger charge is 2.81. The van der Waals surface area contributed by atoms with Crippen LogP contribution in [0.15, 0.2) is 5.11 Å². The van der Waals surface area contributed by atoms with Crippen molar-refractivity contribution >= 4 is 12.1 Å². The van der Waals surface area contributed by atoms with E-state index in [1.54, 1.807) is 20.8 Å². The number of likely N-dealkylation sites (tertiary alicyclic amines) is 1. The van der Waals surface area contributed by atoms with Gasteiger partial charge >= 0.3 is 12.1 Å². The maximum atomic E-state index is 12.4. The molecular weight excluding hydrogens is 316 g/mol. The van der Waals surface area contributed by atoms with Gasteiger partial charge in [0.25, 0.3) is 0 Å².